The van der Waals surface area contributed by atoms with Gasteiger partial charge < -0.3 is 90.5 Å². The fourth-order valence-electron chi connectivity index (χ4n) is 5.46. The van der Waals surface area contributed by atoms with Crippen LogP contribution in [0.25, 0.3) is 0 Å². The summed E-state index contributed by atoms with van der Waals surface area (Å²) < 4.78 is 27.2. The van der Waals surface area contributed by atoms with Gasteiger partial charge in [0, 0.05) is 20.3 Å². The summed E-state index contributed by atoms with van der Waals surface area (Å²) in [6.07, 6.45) is -24.9. The molecule has 46 heavy (non-hydrogen) atoms. The molecule has 0 aliphatic carbocycles. The lowest BCUT2D eigenvalue weighted by atomic mass is 9.88. The number of carboxylic acids is 1. The molecule has 0 spiro atoms. The predicted octanol–water partition coefficient (Wildman–Crippen LogP) is -8.08. The van der Waals surface area contributed by atoms with Crippen molar-refractivity contribution >= 4 is 17.8 Å². The van der Waals surface area contributed by atoms with Gasteiger partial charge in [-0.1, -0.05) is 0 Å². The number of carbonyl (C=O) groups is 3. The topological polar surface area (TPSA) is 344 Å². The lowest BCUT2D eigenvalue weighted by molar-refractivity contribution is -0.358. The Labute approximate surface area is 260 Å². The largest absolute Gasteiger partial charge is 0.477 e. The van der Waals surface area contributed by atoms with E-state index < -0.39 is 142 Å². The van der Waals surface area contributed by atoms with Crippen LogP contribution < -0.4 is 10.6 Å². The summed E-state index contributed by atoms with van der Waals surface area (Å²) in [7, 11) is 0. The van der Waals surface area contributed by atoms with Gasteiger partial charge in [0.25, 0.3) is 5.79 Å². The minimum Gasteiger partial charge on any atom is -0.477 e. The molecule has 21 heteroatoms. The van der Waals surface area contributed by atoms with Crippen molar-refractivity contribution in [3.63, 3.8) is 0 Å². The molecule has 13 N–H and O–H groups in total. The first-order valence-electron chi connectivity index (χ1n) is 14.2. The van der Waals surface area contributed by atoms with Crippen LogP contribution in [0.4, 0.5) is 0 Å². The monoisotopic (exact) mass is 674 g/mol. The molecule has 3 heterocycles. The summed E-state index contributed by atoms with van der Waals surface area (Å²) in [5.74, 6) is -6.12. The van der Waals surface area contributed by atoms with Crippen LogP contribution in [0.5, 0.6) is 0 Å². The van der Waals surface area contributed by atoms with E-state index in [-0.39, 0.29) is 0 Å². The molecule has 0 bridgehead atoms. The zero-order valence-electron chi connectivity index (χ0n) is 24.7. The van der Waals surface area contributed by atoms with Crippen molar-refractivity contribution in [2.75, 3.05) is 19.8 Å². The van der Waals surface area contributed by atoms with Gasteiger partial charge in [-0.3, -0.25) is 9.59 Å². The van der Waals surface area contributed by atoms with Gasteiger partial charge in [-0.2, -0.15) is 0 Å². The maximum atomic E-state index is 12.4. The van der Waals surface area contributed by atoms with E-state index in [1.165, 1.54) is 0 Å². The highest BCUT2D eigenvalue weighted by atomic mass is 16.8. The molecule has 0 radical (unpaired) electrons. The van der Waals surface area contributed by atoms with Crippen LogP contribution in [0.2, 0.25) is 0 Å². The van der Waals surface area contributed by atoms with Crippen molar-refractivity contribution in [1.29, 1.82) is 0 Å². The Morgan fingerprint density at radius 1 is 0.870 bits per heavy atom. The Morgan fingerprint density at radius 3 is 2.02 bits per heavy atom. The van der Waals surface area contributed by atoms with Crippen molar-refractivity contribution in [2.45, 2.75) is 118 Å². The molecule has 266 valence electrons. The molecule has 3 aliphatic rings. The van der Waals surface area contributed by atoms with Crippen molar-refractivity contribution in [3.8, 4) is 0 Å². The van der Waals surface area contributed by atoms with Crippen LogP contribution in [0.3, 0.4) is 0 Å². The predicted molar refractivity (Wildman–Crippen MR) is 142 cm³/mol. The van der Waals surface area contributed by atoms with Crippen LogP contribution in [0.1, 0.15) is 20.3 Å². The van der Waals surface area contributed by atoms with Crippen LogP contribution in [0.15, 0.2) is 0 Å². The molecule has 0 saturated carbocycles. The van der Waals surface area contributed by atoms with Gasteiger partial charge in [0.15, 0.2) is 12.6 Å². The first-order chi connectivity index (χ1) is 21.5. The SMILES string of the molecule is CC(=O)N[C@H]1[C@H]([C@H](O)[C@H](O)CO)O[C@](OC[C@H]2O[C@@H](O[C@H]3[C@H](O)[C@@H](NC(C)=O)C(O)O[C@@H]3CO)[C@H](O)[C@H](O)[C@H]2O)(C(=O)O)C[C@@H]1O. The van der Waals surface area contributed by atoms with Gasteiger partial charge in [0.1, 0.15) is 67.1 Å². The zero-order valence-corrected chi connectivity index (χ0v) is 24.7. The third-order valence-electron chi connectivity index (χ3n) is 7.87. The highest BCUT2D eigenvalue weighted by Gasteiger charge is 2.57. The second kappa shape index (κ2) is 15.8. The Hall–Kier alpha value is -2.19. The maximum Gasteiger partial charge on any atom is 0.364 e. The fraction of sp³-hybridized carbons (Fsp3) is 0.880. The second-order valence-corrected chi connectivity index (χ2v) is 11.3. The number of amides is 2. The molecular formula is C25H42N2O19. The van der Waals surface area contributed by atoms with Crippen LogP contribution >= 0.6 is 0 Å². The van der Waals surface area contributed by atoms with Gasteiger partial charge in [-0.05, 0) is 0 Å². The Kier molecular flexibility index (Phi) is 13.1. The van der Waals surface area contributed by atoms with Gasteiger partial charge >= 0.3 is 5.97 Å². The van der Waals surface area contributed by atoms with Gasteiger partial charge in [0.05, 0.1) is 32.0 Å². The fourth-order valence-corrected chi connectivity index (χ4v) is 5.46. The Bertz CT molecular complexity index is 1050. The molecule has 16 atom stereocenters. The molecule has 3 saturated heterocycles. The van der Waals surface area contributed by atoms with Crippen molar-refractivity contribution in [2.24, 2.45) is 0 Å². The summed E-state index contributed by atoms with van der Waals surface area (Å²) in [5, 5.41) is 117. The lowest BCUT2D eigenvalue weighted by Gasteiger charge is -2.48. The van der Waals surface area contributed by atoms with E-state index in [1.807, 2.05) is 0 Å². The molecule has 1 unspecified atom stereocenters. The average Bonchev–Trinajstić information content (AvgIpc) is 2.99. The number of aliphatic hydroxyl groups is 10. The first-order valence-corrected chi connectivity index (χ1v) is 14.2. The van der Waals surface area contributed by atoms with E-state index >= 15 is 0 Å². The minimum atomic E-state index is -2.84. The minimum absolute atomic E-state index is 0.677. The highest BCUT2D eigenvalue weighted by molar-refractivity contribution is 5.76. The first kappa shape index (κ1) is 38.3. The molecule has 3 aliphatic heterocycles. The zero-order chi connectivity index (χ0) is 34.7. The van der Waals surface area contributed by atoms with Gasteiger partial charge in [-0.15, -0.1) is 0 Å². The molecule has 0 aromatic carbocycles. The third-order valence-corrected chi connectivity index (χ3v) is 7.87. The highest BCUT2D eigenvalue weighted by Crippen LogP contribution is 2.35. The van der Waals surface area contributed by atoms with Gasteiger partial charge in [-0.25, -0.2) is 4.79 Å². The van der Waals surface area contributed by atoms with E-state index in [0.717, 1.165) is 13.8 Å². The van der Waals surface area contributed by atoms with E-state index in [1.54, 1.807) is 0 Å². The van der Waals surface area contributed by atoms with E-state index in [4.69, 9.17) is 23.7 Å². The summed E-state index contributed by atoms with van der Waals surface area (Å²) in [4.78, 5) is 35.7. The number of hydrogen-bond acceptors (Lipinski definition) is 18. The molecule has 21 nitrogen and oxygen atoms in total. The maximum absolute atomic E-state index is 12.4. The van der Waals surface area contributed by atoms with E-state index in [2.05, 4.69) is 10.6 Å². The molecule has 3 rings (SSSR count). The summed E-state index contributed by atoms with van der Waals surface area (Å²) in [5.41, 5.74) is 0. The summed E-state index contributed by atoms with van der Waals surface area (Å²) in [6, 6.07) is -2.96. The van der Waals surface area contributed by atoms with Crippen molar-refractivity contribution in [3.05, 3.63) is 0 Å². The number of rotatable bonds is 12. The number of carbonyl (C=O) groups excluding carboxylic acids is 2. The summed E-state index contributed by atoms with van der Waals surface area (Å²) in [6.45, 7) is -0.695. The smallest absolute Gasteiger partial charge is 0.364 e. The lowest BCUT2D eigenvalue weighted by Crippen LogP contribution is -2.69. The Balaban J connectivity index is 1.83. The van der Waals surface area contributed by atoms with Crippen molar-refractivity contribution in [1.82, 2.24) is 10.6 Å². The van der Waals surface area contributed by atoms with Crippen molar-refractivity contribution < 1.29 is 94.2 Å². The quantitative estimate of drug-likeness (QED) is 0.0913. The standard InChI is InChI=1S/C25H42N2O19/c1-7(30)26-13-9(32)3-25(24(40)41,46-21(13)15(34)10(33)4-28)42-6-12-16(35)18(37)19(38)23(44-12)45-20-11(5-29)43-22(39)14(17(20)36)27-8(2)31/h9-23,28-29,32-39H,3-6H2,1-2H3,(H,26,30)(H,27,31)(H,40,41)/t9-,10+,11+,12+,13+,14+,15+,16-,17+,18+,19+,20+,21+,22?,23-,25-/m0/s1. The number of ether oxygens (including phenoxy) is 5. The molecular weight excluding hydrogens is 632 g/mol. The number of hydrogen-bond donors (Lipinski definition) is 13. The normalized spacial score (nSPS) is 42.9. The number of carboxylic acid groups (broad SMARTS) is 1. The Morgan fingerprint density at radius 2 is 1.48 bits per heavy atom. The molecule has 2 amide bonds. The molecule has 0 aromatic rings. The van der Waals surface area contributed by atoms with Gasteiger partial charge in [0.2, 0.25) is 11.8 Å². The average molecular weight is 675 g/mol. The number of aliphatic hydroxyl groups excluding tert-OH is 10. The van der Waals surface area contributed by atoms with Crippen LogP contribution in [-0.4, -0.2) is 191 Å². The van der Waals surface area contributed by atoms with E-state index in [9.17, 15) is 70.6 Å². The second-order valence-electron chi connectivity index (χ2n) is 11.3. The summed E-state index contributed by atoms with van der Waals surface area (Å²) >= 11 is 0. The number of aliphatic carboxylic acids is 1. The van der Waals surface area contributed by atoms with Crippen LogP contribution in [-0.2, 0) is 38.1 Å². The molecule has 3 fully saturated rings. The van der Waals surface area contributed by atoms with Crippen LogP contribution in [0, 0.1) is 0 Å². The third kappa shape index (κ3) is 8.26. The molecule has 0 aromatic heterocycles. The number of nitrogens with one attached hydrogen (secondary N) is 2. The van der Waals surface area contributed by atoms with E-state index in [0.29, 0.717) is 0 Å².